The lowest BCUT2D eigenvalue weighted by atomic mass is 10.00. The van der Waals surface area contributed by atoms with E-state index in [-0.39, 0.29) is 0 Å². The maximum Gasteiger partial charge on any atom is 0.0788 e. The first-order valence-corrected chi connectivity index (χ1v) is 9.65. The monoisotopic (exact) mass is 353 g/mol. The second-order valence-corrected chi connectivity index (χ2v) is 7.69. The van der Waals surface area contributed by atoms with Crippen LogP contribution in [0.25, 0.3) is 22.0 Å². The Morgan fingerprint density at radius 3 is 2.59 bits per heavy atom. The number of fused-ring (bicyclic) bond motifs is 1. The predicted octanol–water partition coefficient (Wildman–Crippen LogP) is 5.71. The van der Waals surface area contributed by atoms with Crippen molar-refractivity contribution in [1.29, 1.82) is 0 Å². The quantitative estimate of drug-likeness (QED) is 0.470. The summed E-state index contributed by atoms with van der Waals surface area (Å²) in [7, 11) is 0. The summed E-state index contributed by atoms with van der Waals surface area (Å²) in [5, 5.41) is 1.31. The zero-order chi connectivity index (χ0) is 18.4. The Balaban J connectivity index is 1.62. The van der Waals surface area contributed by atoms with Crippen molar-refractivity contribution < 1.29 is 0 Å². The van der Waals surface area contributed by atoms with Gasteiger partial charge in [-0.3, -0.25) is 9.97 Å². The number of benzene rings is 1. The smallest absolute Gasteiger partial charge is 0.0788 e. The summed E-state index contributed by atoms with van der Waals surface area (Å²) >= 11 is 0. The van der Waals surface area contributed by atoms with Gasteiger partial charge in [0.1, 0.15) is 0 Å². The van der Waals surface area contributed by atoms with Crippen LogP contribution >= 0.6 is 0 Å². The van der Waals surface area contributed by atoms with Crippen LogP contribution < -0.4 is 0 Å². The minimum absolute atomic E-state index is 0.312. The number of aromatic nitrogens is 3. The maximum absolute atomic E-state index is 4.96. The summed E-state index contributed by atoms with van der Waals surface area (Å²) in [6, 6.07) is 15.4. The van der Waals surface area contributed by atoms with E-state index in [0.717, 1.165) is 11.1 Å². The van der Waals surface area contributed by atoms with Gasteiger partial charge in [-0.15, -0.1) is 0 Å². The van der Waals surface area contributed by atoms with Gasteiger partial charge in [-0.25, -0.2) is 0 Å². The van der Waals surface area contributed by atoms with Gasteiger partial charge in [0.2, 0.25) is 0 Å². The van der Waals surface area contributed by atoms with Gasteiger partial charge in [-0.05, 0) is 67.3 Å². The topological polar surface area (TPSA) is 30.7 Å². The molecule has 3 nitrogen and oxygen atoms in total. The zero-order valence-corrected chi connectivity index (χ0v) is 15.8. The van der Waals surface area contributed by atoms with E-state index in [1.54, 1.807) is 6.20 Å². The van der Waals surface area contributed by atoms with Crippen LogP contribution in [0.15, 0.2) is 67.3 Å². The largest absolute Gasteiger partial charge is 0.338 e. The molecule has 4 aromatic rings. The van der Waals surface area contributed by atoms with Gasteiger partial charge in [-0.1, -0.05) is 24.3 Å². The van der Waals surface area contributed by atoms with Gasteiger partial charge >= 0.3 is 0 Å². The van der Waals surface area contributed by atoms with Gasteiger partial charge in [0, 0.05) is 35.9 Å². The van der Waals surface area contributed by atoms with Crippen LogP contribution in [0.5, 0.6) is 0 Å². The molecule has 0 saturated heterocycles. The van der Waals surface area contributed by atoms with Gasteiger partial charge in [0.15, 0.2) is 0 Å². The molecule has 1 aliphatic carbocycles. The number of hydrogen-bond acceptors (Lipinski definition) is 2. The van der Waals surface area contributed by atoms with Gasteiger partial charge in [0.25, 0.3) is 0 Å². The standard InChI is InChI=1S/C24H23N3/c1-16-5-3-6-18-10-12-27(23(16)18)24(19-8-9-19)22-17(2)13-21(15-26-22)20-7-4-11-25-14-20/h3-7,10-15,19,24H,8-9H2,1-2H3. The molecule has 134 valence electrons. The molecule has 5 rings (SSSR count). The molecule has 1 aromatic carbocycles. The number of pyridine rings is 2. The highest BCUT2D eigenvalue weighted by Gasteiger charge is 2.36. The van der Waals surface area contributed by atoms with E-state index in [4.69, 9.17) is 4.98 Å². The lowest BCUT2D eigenvalue weighted by molar-refractivity contribution is 0.519. The molecule has 1 fully saturated rings. The Labute approximate surface area is 159 Å². The number of hydrogen-bond donors (Lipinski definition) is 0. The van der Waals surface area contributed by atoms with Crippen LogP contribution in [-0.2, 0) is 0 Å². The SMILES string of the molecule is Cc1cc(-c2cccnc2)cnc1C(C1CC1)n1ccc2cccc(C)c21. The Morgan fingerprint density at radius 2 is 1.85 bits per heavy atom. The molecule has 1 unspecified atom stereocenters. The van der Waals surface area contributed by atoms with E-state index < -0.39 is 0 Å². The lowest BCUT2D eigenvalue weighted by Gasteiger charge is -2.22. The Bertz CT molecular complexity index is 1110. The molecule has 3 heteroatoms. The molecule has 0 spiro atoms. The van der Waals surface area contributed by atoms with Gasteiger partial charge in [0.05, 0.1) is 17.3 Å². The first-order chi connectivity index (χ1) is 13.2. The first kappa shape index (κ1) is 16.2. The maximum atomic E-state index is 4.96. The predicted molar refractivity (Wildman–Crippen MR) is 110 cm³/mol. The van der Waals surface area contributed by atoms with Crippen molar-refractivity contribution in [1.82, 2.24) is 14.5 Å². The molecule has 0 radical (unpaired) electrons. The third-order valence-corrected chi connectivity index (χ3v) is 5.70. The van der Waals surface area contributed by atoms with Crippen LogP contribution in [0.1, 0.15) is 35.7 Å². The summed E-state index contributed by atoms with van der Waals surface area (Å²) in [4.78, 5) is 9.20. The van der Waals surface area contributed by atoms with Crippen molar-refractivity contribution in [3.63, 3.8) is 0 Å². The summed E-state index contributed by atoms with van der Waals surface area (Å²) in [5.41, 5.74) is 7.37. The molecule has 3 heterocycles. The first-order valence-electron chi connectivity index (χ1n) is 9.65. The van der Waals surface area contributed by atoms with Gasteiger partial charge in [-0.2, -0.15) is 0 Å². The molecule has 27 heavy (non-hydrogen) atoms. The summed E-state index contributed by atoms with van der Waals surface area (Å²) in [6.45, 7) is 4.39. The summed E-state index contributed by atoms with van der Waals surface area (Å²) < 4.78 is 2.46. The zero-order valence-electron chi connectivity index (χ0n) is 15.8. The Kier molecular flexibility index (Phi) is 3.82. The number of nitrogens with zero attached hydrogens (tertiary/aromatic N) is 3. The normalized spacial score (nSPS) is 15.2. The minimum Gasteiger partial charge on any atom is -0.338 e. The van der Waals surface area contributed by atoms with E-state index in [0.29, 0.717) is 12.0 Å². The highest BCUT2D eigenvalue weighted by molar-refractivity contribution is 5.83. The molecule has 0 aliphatic heterocycles. The van der Waals surface area contributed by atoms with E-state index >= 15 is 0 Å². The van der Waals surface area contributed by atoms with Crippen LogP contribution in [0, 0.1) is 19.8 Å². The van der Waals surface area contributed by atoms with Crippen molar-refractivity contribution >= 4 is 10.9 Å². The third-order valence-electron chi connectivity index (χ3n) is 5.70. The van der Waals surface area contributed by atoms with E-state index in [2.05, 4.69) is 66.0 Å². The molecule has 1 saturated carbocycles. The number of aryl methyl sites for hydroxylation is 2. The van der Waals surface area contributed by atoms with E-state index in [1.807, 2.05) is 18.5 Å². The fourth-order valence-corrected chi connectivity index (χ4v) is 4.22. The molecular weight excluding hydrogens is 330 g/mol. The highest BCUT2D eigenvalue weighted by atomic mass is 15.0. The van der Waals surface area contributed by atoms with Crippen molar-refractivity contribution in [2.24, 2.45) is 5.92 Å². The summed E-state index contributed by atoms with van der Waals surface area (Å²) in [5.74, 6) is 0.677. The molecular formula is C24H23N3. The van der Waals surface area contributed by atoms with Crippen LogP contribution in [0.2, 0.25) is 0 Å². The summed E-state index contributed by atoms with van der Waals surface area (Å²) in [6.07, 6.45) is 10.5. The Morgan fingerprint density at radius 1 is 0.963 bits per heavy atom. The minimum atomic E-state index is 0.312. The average molecular weight is 353 g/mol. The van der Waals surface area contributed by atoms with E-state index in [9.17, 15) is 0 Å². The van der Waals surface area contributed by atoms with Crippen LogP contribution in [0.3, 0.4) is 0 Å². The van der Waals surface area contributed by atoms with Crippen molar-refractivity contribution in [2.75, 3.05) is 0 Å². The molecule has 0 amide bonds. The average Bonchev–Trinajstić information content (AvgIpc) is 3.43. The molecule has 1 aliphatic rings. The van der Waals surface area contributed by atoms with Crippen molar-refractivity contribution in [2.45, 2.75) is 32.7 Å². The van der Waals surface area contributed by atoms with E-state index in [1.165, 1.54) is 40.6 Å². The second kappa shape index (κ2) is 6.34. The van der Waals surface area contributed by atoms with Gasteiger partial charge < -0.3 is 4.57 Å². The second-order valence-electron chi connectivity index (χ2n) is 7.69. The molecule has 0 bridgehead atoms. The number of rotatable bonds is 4. The highest BCUT2D eigenvalue weighted by Crippen LogP contribution is 2.45. The molecule has 0 N–H and O–H groups in total. The van der Waals surface area contributed by atoms with Crippen LogP contribution in [0.4, 0.5) is 0 Å². The van der Waals surface area contributed by atoms with Crippen LogP contribution in [-0.4, -0.2) is 14.5 Å². The fraction of sp³-hybridized carbons (Fsp3) is 0.250. The fourth-order valence-electron chi connectivity index (χ4n) is 4.22. The molecule has 3 aromatic heterocycles. The Hall–Kier alpha value is -2.94. The number of para-hydroxylation sites is 1. The molecule has 1 atom stereocenters. The third kappa shape index (κ3) is 2.84. The van der Waals surface area contributed by atoms with Crippen molar-refractivity contribution in [3.05, 3.63) is 84.1 Å². The lowest BCUT2D eigenvalue weighted by Crippen LogP contribution is -2.15. The van der Waals surface area contributed by atoms with Crippen molar-refractivity contribution in [3.8, 4) is 11.1 Å².